The highest BCUT2D eigenvalue weighted by atomic mass is 32.1. The fourth-order valence-corrected chi connectivity index (χ4v) is 4.82. The SMILES string of the molecule is CCOc1ccc(NC(=O)N2CCN(Cc3nc(-c4cccs4)cs3)CC2)cc1. The van der Waals surface area contributed by atoms with Crippen molar-refractivity contribution in [2.75, 3.05) is 38.1 Å². The highest BCUT2D eigenvalue weighted by Gasteiger charge is 2.22. The van der Waals surface area contributed by atoms with Crippen LogP contribution in [0.25, 0.3) is 10.6 Å². The lowest BCUT2D eigenvalue weighted by atomic mass is 10.3. The van der Waals surface area contributed by atoms with Gasteiger partial charge in [-0.2, -0.15) is 0 Å². The van der Waals surface area contributed by atoms with E-state index in [1.807, 2.05) is 36.1 Å². The molecule has 4 rings (SSSR count). The minimum atomic E-state index is -0.0527. The lowest BCUT2D eigenvalue weighted by Gasteiger charge is -2.34. The number of ether oxygens (including phenoxy) is 1. The van der Waals surface area contributed by atoms with Crippen molar-refractivity contribution < 1.29 is 9.53 Å². The van der Waals surface area contributed by atoms with Gasteiger partial charge in [0.2, 0.25) is 0 Å². The average molecular weight is 429 g/mol. The van der Waals surface area contributed by atoms with Crippen molar-refractivity contribution in [3.63, 3.8) is 0 Å². The predicted molar refractivity (Wildman–Crippen MR) is 119 cm³/mol. The van der Waals surface area contributed by atoms with Crippen LogP contribution >= 0.6 is 22.7 Å². The smallest absolute Gasteiger partial charge is 0.321 e. The summed E-state index contributed by atoms with van der Waals surface area (Å²) in [4.78, 5) is 22.7. The van der Waals surface area contributed by atoms with E-state index in [2.05, 4.69) is 33.1 Å². The molecule has 6 nitrogen and oxygen atoms in total. The summed E-state index contributed by atoms with van der Waals surface area (Å²) in [5, 5.41) is 8.30. The Kier molecular flexibility index (Phi) is 6.43. The predicted octanol–water partition coefficient (Wildman–Crippen LogP) is 4.62. The molecule has 0 atom stereocenters. The molecule has 0 unspecified atom stereocenters. The highest BCUT2D eigenvalue weighted by molar-refractivity contribution is 7.14. The maximum absolute atomic E-state index is 12.5. The van der Waals surface area contributed by atoms with Crippen LogP contribution in [0.1, 0.15) is 11.9 Å². The number of anilines is 1. The molecule has 1 saturated heterocycles. The molecule has 0 saturated carbocycles. The number of hydrogen-bond donors (Lipinski definition) is 1. The maximum atomic E-state index is 12.5. The van der Waals surface area contributed by atoms with Crippen molar-refractivity contribution in [1.82, 2.24) is 14.8 Å². The summed E-state index contributed by atoms with van der Waals surface area (Å²) in [6.07, 6.45) is 0. The number of rotatable bonds is 6. The summed E-state index contributed by atoms with van der Waals surface area (Å²) < 4.78 is 5.43. The summed E-state index contributed by atoms with van der Waals surface area (Å²) >= 11 is 3.42. The van der Waals surface area contributed by atoms with Crippen LogP contribution in [0.15, 0.2) is 47.2 Å². The molecule has 1 aliphatic rings. The molecule has 0 spiro atoms. The summed E-state index contributed by atoms with van der Waals surface area (Å²) in [7, 11) is 0. The molecule has 0 aliphatic carbocycles. The van der Waals surface area contributed by atoms with E-state index in [1.165, 1.54) is 4.88 Å². The minimum absolute atomic E-state index is 0.0527. The number of carbonyl (C=O) groups is 1. The van der Waals surface area contributed by atoms with E-state index in [9.17, 15) is 4.79 Å². The first-order valence-electron chi connectivity index (χ1n) is 9.70. The Morgan fingerprint density at radius 1 is 1.14 bits per heavy atom. The van der Waals surface area contributed by atoms with E-state index in [-0.39, 0.29) is 6.03 Å². The Hall–Kier alpha value is -2.42. The number of benzene rings is 1. The second kappa shape index (κ2) is 9.39. The van der Waals surface area contributed by atoms with Gasteiger partial charge in [0.1, 0.15) is 10.8 Å². The zero-order valence-corrected chi connectivity index (χ0v) is 18.0. The third-order valence-electron chi connectivity index (χ3n) is 4.76. The van der Waals surface area contributed by atoms with Crippen molar-refractivity contribution in [3.05, 3.63) is 52.2 Å². The highest BCUT2D eigenvalue weighted by Crippen LogP contribution is 2.26. The van der Waals surface area contributed by atoms with Gasteiger partial charge in [-0.25, -0.2) is 9.78 Å². The Morgan fingerprint density at radius 3 is 2.62 bits per heavy atom. The van der Waals surface area contributed by atoms with E-state index in [1.54, 1.807) is 22.7 Å². The first kappa shape index (κ1) is 19.9. The Bertz CT molecular complexity index is 917. The molecule has 3 aromatic rings. The van der Waals surface area contributed by atoms with Crippen molar-refractivity contribution >= 4 is 34.4 Å². The van der Waals surface area contributed by atoms with Crippen LogP contribution in [-0.4, -0.2) is 53.6 Å². The number of hydrogen-bond acceptors (Lipinski definition) is 6. The lowest BCUT2D eigenvalue weighted by molar-refractivity contribution is 0.143. The second-order valence-corrected chi connectivity index (χ2v) is 8.64. The van der Waals surface area contributed by atoms with Gasteiger partial charge in [-0.1, -0.05) is 6.07 Å². The number of piperazine rings is 1. The molecule has 1 fully saturated rings. The minimum Gasteiger partial charge on any atom is -0.494 e. The van der Waals surface area contributed by atoms with Gasteiger partial charge >= 0.3 is 6.03 Å². The number of aromatic nitrogens is 1. The summed E-state index contributed by atoms with van der Waals surface area (Å²) in [6, 6.07) is 11.6. The van der Waals surface area contributed by atoms with Gasteiger partial charge in [0, 0.05) is 37.2 Å². The molecule has 0 bridgehead atoms. The van der Waals surface area contributed by atoms with Gasteiger partial charge < -0.3 is 15.0 Å². The molecule has 3 heterocycles. The summed E-state index contributed by atoms with van der Waals surface area (Å²) in [5.74, 6) is 0.809. The molecule has 1 N–H and O–H groups in total. The van der Waals surface area contributed by atoms with Crippen LogP contribution in [-0.2, 0) is 6.54 Å². The number of nitrogens with one attached hydrogen (secondary N) is 1. The van der Waals surface area contributed by atoms with E-state index in [0.29, 0.717) is 19.7 Å². The second-order valence-electron chi connectivity index (χ2n) is 6.75. The number of thiazole rings is 1. The van der Waals surface area contributed by atoms with E-state index >= 15 is 0 Å². The van der Waals surface area contributed by atoms with Crippen molar-refractivity contribution in [3.8, 4) is 16.3 Å². The molecular weight excluding hydrogens is 404 g/mol. The zero-order chi connectivity index (χ0) is 20.1. The van der Waals surface area contributed by atoms with Gasteiger partial charge in [-0.3, -0.25) is 4.90 Å². The number of urea groups is 1. The number of thiophene rings is 1. The van der Waals surface area contributed by atoms with Gasteiger partial charge in [0.05, 0.1) is 23.7 Å². The average Bonchev–Trinajstić information content (AvgIpc) is 3.42. The molecule has 2 aromatic heterocycles. The first-order valence-corrected chi connectivity index (χ1v) is 11.5. The van der Waals surface area contributed by atoms with E-state index in [0.717, 1.165) is 41.8 Å². The third kappa shape index (κ3) is 5.14. The van der Waals surface area contributed by atoms with Gasteiger partial charge in [0.25, 0.3) is 0 Å². The van der Waals surface area contributed by atoms with Gasteiger partial charge in [0.15, 0.2) is 0 Å². The van der Waals surface area contributed by atoms with Crippen LogP contribution in [0.2, 0.25) is 0 Å². The fourth-order valence-electron chi connectivity index (χ4n) is 3.23. The molecule has 29 heavy (non-hydrogen) atoms. The number of amides is 2. The molecule has 152 valence electrons. The van der Waals surface area contributed by atoms with E-state index < -0.39 is 0 Å². The zero-order valence-electron chi connectivity index (χ0n) is 16.3. The maximum Gasteiger partial charge on any atom is 0.321 e. The van der Waals surface area contributed by atoms with Gasteiger partial charge in [-0.15, -0.1) is 22.7 Å². The standard InChI is InChI=1S/C21H24N4O2S2/c1-2-27-17-7-5-16(6-8-17)22-21(26)25-11-9-24(10-12-25)14-20-23-18(15-29-20)19-4-3-13-28-19/h3-8,13,15H,2,9-12,14H2,1H3,(H,22,26). The topological polar surface area (TPSA) is 57.7 Å². The quantitative estimate of drug-likeness (QED) is 0.622. The molecule has 8 heteroatoms. The monoisotopic (exact) mass is 428 g/mol. The van der Waals surface area contributed by atoms with Crippen molar-refractivity contribution in [2.24, 2.45) is 0 Å². The van der Waals surface area contributed by atoms with Crippen LogP contribution in [0.4, 0.5) is 10.5 Å². The molecule has 1 aromatic carbocycles. The normalized spacial score (nSPS) is 14.7. The molecule has 0 radical (unpaired) electrons. The first-order chi connectivity index (χ1) is 14.2. The Balaban J connectivity index is 1.25. The molecular formula is C21H24N4O2S2. The van der Waals surface area contributed by atoms with Crippen LogP contribution < -0.4 is 10.1 Å². The number of carbonyl (C=O) groups excluding carboxylic acids is 1. The van der Waals surface area contributed by atoms with Crippen molar-refractivity contribution in [2.45, 2.75) is 13.5 Å². The summed E-state index contributed by atoms with van der Waals surface area (Å²) in [6.45, 7) is 6.55. The number of nitrogens with zero attached hydrogens (tertiary/aromatic N) is 3. The molecule has 2 amide bonds. The Morgan fingerprint density at radius 2 is 1.93 bits per heavy atom. The third-order valence-corrected chi connectivity index (χ3v) is 6.49. The van der Waals surface area contributed by atoms with Gasteiger partial charge in [-0.05, 0) is 42.6 Å². The van der Waals surface area contributed by atoms with Crippen LogP contribution in [0.5, 0.6) is 5.75 Å². The lowest BCUT2D eigenvalue weighted by Crippen LogP contribution is -2.49. The van der Waals surface area contributed by atoms with Crippen LogP contribution in [0.3, 0.4) is 0 Å². The summed E-state index contributed by atoms with van der Waals surface area (Å²) in [5.41, 5.74) is 1.85. The Labute approximate surface area is 178 Å². The van der Waals surface area contributed by atoms with E-state index in [4.69, 9.17) is 9.72 Å². The van der Waals surface area contributed by atoms with Crippen molar-refractivity contribution in [1.29, 1.82) is 0 Å². The van der Waals surface area contributed by atoms with Crippen LogP contribution in [0, 0.1) is 0 Å². The fraction of sp³-hybridized carbons (Fsp3) is 0.333. The molecule has 1 aliphatic heterocycles. The largest absolute Gasteiger partial charge is 0.494 e.